The predicted molar refractivity (Wildman–Crippen MR) is 229 cm³/mol. The number of hydrogen-bond acceptors (Lipinski definition) is 1. The molecule has 0 unspecified atom stereocenters. The molecule has 2 nitrogen and oxygen atoms in total. The topological polar surface area (TPSA) is 14.2 Å². The molecule has 0 radical (unpaired) electrons. The summed E-state index contributed by atoms with van der Waals surface area (Å²) in [5.41, 5.74) is 18.1. The van der Waals surface area contributed by atoms with Crippen molar-refractivity contribution in [3.8, 4) is 44.9 Å². The van der Waals surface area contributed by atoms with E-state index in [4.69, 9.17) is 4.74 Å². The van der Waals surface area contributed by atoms with Gasteiger partial charge in [0.25, 0.3) is 0 Å². The largest absolute Gasteiger partial charge is 0.457 e. The zero-order valence-electron chi connectivity index (χ0n) is 31.2. The van der Waals surface area contributed by atoms with Crippen LogP contribution in [0.5, 0.6) is 11.5 Å². The van der Waals surface area contributed by atoms with Crippen molar-refractivity contribution in [2.75, 3.05) is 0 Å². The SMILES string of the molecule is C=C/C=C(\C=C/C)n1c2ccc(-c3ccc4c(c3)C3(c5ccccc5Oc5ccccc53)c3ccccc3-4)cc2c2cc3c(cc21)C(C)(C)c1ccccc1-3. The Bertz CT molecular complexity index is 2970. The third-order valence-electron chi connectivity index (χ3n) is 12.5. The van der Waals surface area contributed by atoms with Crippen LogP contribution in [0, 0.1) is 0 Å². The minimum absolute atomic E-state index is 0.102. The van der Waals surface area contributed by atoms with Crippen molar-refractivity contribution in [3.63, 3.8) is 0 Å². The first-order chi connectivity index (χ1) is 26.9. The Morgan fingerprint density at radius 3 is 1.84 bits per heavy atom. The van der Waals surface area contributed by atoms with Crippen LogP contribution in [0.4, 0.5) is 0 Å². The second kappa shape index (κ2) is 11.4. The minimum atomic E-state index is -0.509. The van der Waals surface area contributed by atoms with Crippen molar-refractivity contribution in [2.45, 2.75) is 31.6 Å². The van der Waals surface area contributed by atoms with Crippen LogP contribution in [0.2, 0.25) is 0 Å². The number of nitrogens with zero attached hydrogens (tertiary/aromatic N) is 1. The highest BCUT2D eigenvalue weighted by atomic mass is 16.5. The molecule has 2 heterocycles. The lowest BCUT2D eigenvalue weighted by Gasteiger charge is -2.39. The summed E-state index contributed by atoms with van der Waals surface area (Å²) in [6, 6.07) is 54.0. The molecule has 1 spiro atoms. The van der Waals surface area contributed by atoms with Crippen molar-refractivity contribution in [3.05, 3.63) is 210 Å². The fraction of sp³-hybridized carbons (Fsp3) is 0.0943. The summed E-state index contributed by atoms with van der Waals surface area (Å²) in [6.45, 7) is 10.9. The lowest BCUT2D eigenvalue weighted by atomic mass is 9.66. The molecule has 3 aliphatic rings. The van der Waals surface area contributed by atoms with Crippen molar-refractivity contribution >= 4 is 27.5 Å². The number of para-hydroxylation sites is 2. The molecule has 0 bridgehead atoms. The number of ether oxygens (including phenoxy) is 1. The van der Waals surface area contributed by atoms with Crippen LogP contribution in [-0.2, 0) is 10.8 Å². The third-order valence-corrected chi connectivity index (χ3v) is 12.5. The van der Waals surface area contributed by atoms with Crippen molar-refractivity contribution in [2.24, 2.45) is 0 Å². The van der Waals surface area contributed by atoms with Gasteiger partial charge in [-0.15, -0.1) is 0 Å². The van der Waals surface area contributed by atoms with Gasteiger partial charge in [0.1, 0.15) is 11.5 Å². The molecule has 0 saturated heterocycles. The maximum atomic E-state index is 6.60. The molecule has 0 N–H and O–H groups in total. The van der Waals surface area contributed by atoms with E-state index in [9.17, 15) is 0 Å². The molecule has 0 atom stereocenters. The van der Waals surface area contributed by atoms with Crippen LogP contribution in [0.15, 0.2) is 176 Å². The van der Waals surface area contributed by atoms with E-state index in [0.29, 0.717) is 0 Å². The quantitative estimate of drug-likeness (QED) is 0.166. The first-order valence-electron chi connectivity index (χ1n) is 19.2. The van der Waals surface area contributed by atoms with Crippen LogP contribution >= 0.6 is 0 Å². The maximum Gasteiger partial charge on any atom is 0.132 e. The number of fused-ring (bicyclic) bond motifs is 15. The Balaban J connectivity index is 1.18. The molecule has 0 saturated carbocycles. The van der Waals surface area contributed by atoms with Crippen LogP contribution in [0.3, 0.4) is 0 Å². The normalized spacial score (nSPS) is 15.4. The van der Waals surface area contributed by atoms with E-state index < -0.39 is 5.41 Å². The van der Waals surface area contributed by atoms with Gasteiger partial charge in [0, 0.05) is 33.0 Å². The molecule has 262 valence electrons. The lowest BCUT2D eigenvalue weighted by molar-refractivity contribution is 0.436. The summed E-state index contributed by atoms with van der Waals surface area (Å²) in [4.78, 5) is 0. The number of benzene rings is 7. The van der Waals surface area contributed by atoms with Gasteiger partial charge in [-0.05, 0) is 117 Å². The van der Waals surface area contributed by atoms with E-state index in [1.165, 1.54) is 88.6 Å². The zero-order valence-corrected chi connectivity index (χ0v) is 31.2. The van der Waals surface area contributed by atoms with Gasteiger partial charge in [-0.2, -0.15) is 0 Å². The summed E-state index contributed by atoms with van der Waals surface area (Å²) in [7, 11) is 0. The number of hydrogen-bond donors (Lipinski definition) is 0. The molecule has 2 heteroatoms. The Kier molecular flexibility index (Phi) is 6.62. The Labute approximate surface area is 322 Å². The molecule has 55 heavy (non-hydrogen) atoms. The van der Waals surface area contributed by atoms with Crippen LogP contribution in [0.25, 0.3) is 60.9 Å². The number of allylic oxidation sites excluding steroid dienone is 5. The van der Waals surface area contributed by atoms with Gasteiger partial charge in [-0.3, -0.25) is 0 Å². The van der Waals surface area contributed by atoms with Gasteiger partial charge >= 0.3 is 0 Å². The van der Waals surface area contributed by atoms with Gasteiger partial charge in [0.2, 0.25) is 0 Å². The first-order valence-corrected chi connectivity index (χ1v) is 19.2. The van der Waals surface area contributed by atoms with E-state index in [0.717, 1.165) is 17.2 Å². The Morgan fingerprint density at radius 2 is 1.13 bits per heavy atom. The highest BCUT2D eigenvalue weighted by Crippen LogP contribution is 2.62. The smallest absolute Gasteiger partial charge is 0.132 e. The fourth-order valence-corrected chi connectivity index (χ4v) is 10.2. The Hall–Kier alpha value is -6.64. The van der Waals surface area contributed by atoms with Crippen LogP contribution < -0.4 is 4.74 Å². The molecular formula is C53H39NO. The van der Waals surface area contributed by atoms with Crippen LogP contribution in [-0.4, -0.2) is 4.57 Å². The van der Waals surface area contributed by atoms with Gasteiger partial charge in [-0.25, -0.2) is 0 Å². The molecule has 0 fully saturated rings. The van der Waals surface area contributed by atoms with Crippen molar-refractivity contribution in [1.29, 1.82) is 0 Å². The molecule has 1 aliphatic heterocycles. The monoisotopic (exact) mass is 705 g/mol. The summed E-state index contributed by atoms with van der Waals surface area (Å²) < 4.78 is 9.02. The van der Waals surface area contributed by atoms with Gasteiger partial charge in [-0.1, -0.05) is 136 Å². The average molecular weight is 706 g/mol. The highest BCUT2D eigenvalue weighted by Gasteiger charge is 2.51. The van der Waals surface area contributed by atoms with E-state index >= 15 is 0 Å². The van der Waals surface area contributed by atoms with E-state index in [1.54, 1.807) is 0 Å². The lowest BCUT2D eigenvalue weighted by Crippen LogP contribution is -2.32. The molecule has 11 rings (SSSR count). The van der Waals surface area contributed by atoms with E-state index in [-0.39, 0.29) is 5.41 Å². The number of aromatic nitrogens is 1. The van der Waals surface area contributed by atoms with E-state index in [2.05, 4.69) is 196 Å². The summed E-state index contributed by atoms with van der Waals surface area (Å²) in [5, 5.41) is 2.48. The average Bonchev–Trinajstić information content (AvgIpc) is 3.78. The predicted octanol–water partition coefficient (Wildman–Crippen LogP) is 13.8. The molecule has 2 aliphatic carbocycles. The maximum absolute atomic E-state index is 6.60. The molecule has 7 aromatic carbocycles. The van der Waals surface area contributed by atoms with Gasteiger partial charge in [0.05, 0.1) is 16.4 Å². The molecule has 8 aromatic rings. The third kappa shape index (κ3) is 4.14. The second-order valence-corrected chi connectivity index (χ2v) is 15.6. The van der Waals surface area contributed by atoms with Gasteiger partial charge in [0.15, 0.2) is 0 Å². The minimum Gasteiger partial charge on any atom is -0.457 e. The highest BCUT2D eigenvalue weighted by molar-refractivity contribution is 6.14. The standard InChI is InChI=1S/C53H39NO/c1-5-15-35(16-6-2)54-48-28-26-33(29-40(48)41-31-39-37-18-7-9-19-42(37)52(3,4)46(39)32-49(41)54)34-25-27-38-36-17-8-10-20-43(36)53(47(38)30-34)44-21-11-13-23-50(44)55-51-24-14-12-22-45(51)53/h5-32H,1H2,2-4H3/b16-6-,35-15+. The molecular weight excluding hydrogens is 667 g/mol. The number of rotatable bonds is 4. The molecule has 0 amide bonds. The summed E-state index contributed by atoms with van der Waals surface area (Å²) in [5.74, 6) is 1.82. The van der Waals surface area contributed by atoms with Gasteiger partial charge < -0.3 is 9.30 Å². The first kappa shape index (κ1) is 31.8. The zero-order chi connectivity index (χ0) is 37.1. The second-order valence-electron chi connectivity index (χ2n) is 15.6. The molecule has 1 aromatic heterocycles. The van der Waals surface area contributed by atoms with Crippen molar-refractivity contribution < 1.29 is 4.74 Å². The van der Waals surface area contributed by atoms with E-state index in [1.807, 2.05) is 6.08 Å². The summed E-state index contributed by atoms with van der Waals surface area (Å²) >= 11 is 0. The summed E-state index contributed by atoms with van der Waals surface area (Å²) in [6.07, 6.45) is 8.29. The Morgan fingerprint density at radius 1 is 0.545 bits per heavy atom. The van der Waals surface area contributed by atoms with Crippen molar-refractivity contribution in [1.82, 2.24) is 4.57 Å². The fourth-order valence-electron chi connectivity index (χ4n) is 10.2. The van der Waals surface area contributed by atoms with Crippen LogP contribution in [0.1, 0.15) is 54.2 Å².